The summed E-state index contributed by atoms with van der Waals surface area (Å²) < 4.78 is 52.7. The van der Waals surface area contributed by atoms with Gasteiger partial charge in [0.2, 0.25) is 0 Å². The number of aliphatic hydroxyl groups is 1. The summed E-state index contributed by atoms with van der Waals surface area (Å²) in [5.41, 5.74) is 5.43. The maximum absolute atomic E-state index is 12.4. The van der Waals surface area contributed by atoms with Gasteiger partial charge in [0.05, 0.1) is 17.8 Å². The van der Waals surface area contributed by atoms with Gasteiger partial charge >= 0.3 is 13.5 Å². The number of rotatable bonds is 4. The molecule has 0 radical (unpaired) electrons. The summed E-state index contributed by atoms with van der Waals surface area (Å²) >= 11 is 0. The van der Waals surface area contributed by atoms with Crippen molar-refractivity contribution in [3.63, 3.8) is 0 Å². The van der Waals surface area contributed by atoms with Crippen LogP contribution in [0.2, 0.25) is 0 Å². The van der Waals surface area contributed by atoms with E-state index in [1.165, 1.54) is 12.1 Å². The van der Waals surface area contributed by atoms with Crippen molar-refractivity contribution in [1.82, 2.24) is 0 Å². The lowest BCUT2D eigenvalue weighted by Gasteiger charge is -2.32. The molecule has 1 saturated heterocycles. The molecule has 0 atom stereocenters. The van der Waals surface area contributed by atoms with Crippen LogP contribution in [0.5, 0.6) is 5.75 Å². The Morgan fingerprint density at radius 2 is 1.80 bits per heavy atom. The molecule has 0 unspecified atom stereocenters. The highest BCUT2D eigenvalue weighted by Crippen LogP contribution is 2.39. The van der Waals surface area contributed by atoms with Crippen LogP contribution in [-0.2, 0) is 9.31 Å². The minimum atomic E-state index is -4.80. The molecule has 0 spiro atoms. The molecule has 0 saturated carbocycles. The Morgan fingerprint density at radius 3 is 2.28 bits per heavy atom. The number of aliphatic hydroxyl groups excluding tert-OH is 1. The van der Waals surface area contributed by atoms with Crippen LogP contribution < -0.4 is 10.5 Å². The van der Waals surface area contributed by atoms with Gasteiger partial charge in [-0.25, -0.2) is 0 Å². The Morgan fingerprint density at radius 1 is 1.24 bits per heavy atom. The van der Waals surface area contributed by atoms with Crippen LogP contribution in [0.15, 0.2) is 23.7 Å². The minimum Gasteiger partial charge on any atom is -0.406 e. The molecule has 9 heteroatoms. The second kappa shape index (κ2) is 6.55. The molecule has 1 aliphatic rings. The van der Waals surface area contributed by atoms with E-state index in [0.29, 0.717) is 5.47 Å². The zero-order valence-corrected chi connectivity index (χ0v) is 14.5. The second-order valence-electron chi connectivity index (χ2n) is 6.80. The Balaban J connectivity index is 2.32. The number of anilines is 1. The maximum atomic E-state index is 12.4. The molecule has 1 aromatic rings. The number of alkyl halides is 3. The summed E-state index contributed by atoms with van der Waals surface area (Å²) in [5, 5.41) is 9.65. The normalized spacial score (nSPS) is 20.0. The van der Waals surface area contributed by atoms with Gasteiger partial charge in [-0.05, 0) is 51.4 Å². The molecule has 3 N–H and O–H groups in total. The zero-order valence-electron chi connectivity index (χ0n) is 14.5. The predicted molar refractivity (Wildman–Crippen MR) is 88.7 cm³/mol. The van der Waals surface area contributed by atoms with E-state index in [1.807, 2.05) is 27.7 Å². The summed E-state index contributed by atoms with van der Waals surface area (Å²) in [6, 6.07) is 3.56. The number of ether oxygens (including phenoxy) is 1. The van der Waals surface area contributed by atoms with Gasteiger partial charge in [-0.15, -0.1) is 13.2 Å². The average molecular weight is 359 g/mol. The first-order valence-corrected chi connectivity index (χ1v) is 7.67. The Bertz CT molecular complexity index is 658. The van der Waals surface area contributed by atoms with Gasteiger partial charge in [0.1, 0.15) is 5.75 Å². The fourth-order valence-electron chi connectivity index (χ4n) is 2.26. The molecular weight excluding hydrogens is 338 g/mol. The topological polar surface area (TPSA) is 73.9 Å². The van der Waals surface area contributed by atoms with Crippen molar-refractivity contribution in [1.29, 1.82) is 0 Å². The lowest BCUT2D eigenvalue weighted by atomic mass is 9.77. The summed E-state index contributed by atoms with van der Waals surface area (Å²) in [6.07, 6.45) is -3.36. The van der Waals surface area contributed by atoms with E-state index >= 15 is 0 Å². The van der Waals surface area contributed by atoms with E-state index in [1.54, 1.807) is 0 Å². The molecule has 2 rings (SSSR count). The number of hydrogen-bond acceptors (Lipinski definition) is 5. The maximum Gasteiger partial charge on any atom is 0.573 e. The summed E-state index contributed by atoms with van der Waals surface area (Å²) in [6.45, 7) is 7.02. The van der Waals surface area contributed by atoms with Crippen LogP contribution in [0, 0.1) is 0 Å². The van der Waals surface area contributed by atoms with Crippen LogP contribution in [-0.4, -0.2) is 36.4 Å². The van der Waals surface area contributed by atoms with Crippen molar-refractivity contribution in [2.24, 2.45) is 0 Å². The summed E-state index contributed by atoms with van der Waals surface area (Å²) in [7, 11) is -0.832. The second-order valence-corrected chi connectivity index (χ2v) is 6.80. The van der Waals surface area contributed by atoms with Gasteiger partial charge in [-0.1, -0.05) is 6.08 Å². The van der Waals surface area contributed by atoms with Gasteiger partial charge in [0, 0.05) is 11.3 Å². The smallest absolute Gasteiger partial charge is 0.406 e. The van der Waals surface area contributed by atoms with Crippen molar-refractivity contribution in [2.75, 3.05) is 12.3 Å². The third-order valence-corrected chi connectivity index (χ3v) is 4.37. The molecule has 0 aromatic heterocycles. The Hall–Kier alpha value is -1.71. The SMILES string of the molecule is CC1(C)OB(C(=Cc2cc(OC(F)(F)F)ccc2N)CO)OC1(C)C. The van der Waals surface area contributed by atoms with Crippen LogP contribution in [0.4, 0.5) is 18.9 Å². The first-order valence-electron chi connectivity index (χ1n) is 7.67. The lowest BCUT2D eigenvalue weighted by Crippen LogP contribution is -2.41. The average Bonchev–Trinajstić information content (AvgIpc) is 2.66. The van der Waals surface area contributed by atoms with Crippen LogP contribution in [0.25, 0.3) is 6.08 Å². The quantitative estimate of drug-likeness (QED) is 0.638. The van der Waals surface area contributed by atoms with Crippen molar-refractivity contribution in [2.45, 2.75) is 45.3 Å². The van der Waals surface area contributed by atoms with Crippen molar-refractivity contribution >= 4 is 18.9 Å². The van der Waals surface area contributed by atoms with Crippen LogP contribution in [0.1, 0.15) is 33.3 Å². The van der Waals surface area contributed by atoms with Crippen molar-refractivity contribution in [3.05, 3.63) is 29.2 Å². The number of halogens is 3. The zero-order chi connectivity index (χ0) is 19.0. The molecule has 1 fully saturated rings. The standard InChI is InChI=1S/C16H21BF3NO4/c1-14(2)15(3,4)25-17(24-14)11(9-22)7-10-8-12(5-6-13(10)21)23-16(18,19)20/h5-8,22H,9,21H2,1-4H3. The van der Waals surface area contributed by atoms with E-state index in [2.05, 4.69) is 4.74 Å². The molecule has 25 heavy (non-hydrogen) atoms. The van der Waals surface area contributed by atoms with Crippen LogP contribution in [0.3, 0.4) is 0 Å². The summed E-state index contributed by atoms with van der Waals surface area (Å²) in [5.74, 6) is -0.404. The van der Waals surface area contributed by atoms with Gasteiger partial charge in [0.15, 0.2) is 0 Å². The first-order chi connectivity index (χ1) is 11.3. The van der Waals surface area contributed by atoms with E-state index in [-0.39, 0.29) is 11.3 Å². The first kappa shape index (κ1) is 19.6. The molecule has 0 aliphatic carbocycles. The highest BCUT2D eigenvalue weighted by Gasteiger charge is 2.52. The molecule has 1 aromatic carbocycles. The molecule has 1 heterocycles. The lowest BCUT2D eigenvalue weighted by molar-refractivity contribution is -0.274. The number of nitrogen functional groups attached to an aromatic ring is 1. The number of hydrogen-bond donors (Lipinski definition) is 2. The van der Waals surface area contributed by atoms with Gasteiger partial charge in [-0.2, -0.15) is 0 Å². The monoisotopic (exact) mass is 359 g/mol. The third-order valence-electron chi connectivity index (χ3n) is 4.37. The summed E-state index contributed by atoms with van der Waals surface area (Å²) in [4.78, 5) is 0. The third kappa shape index (κ3) is 4.48. The fraction of sp³-hybridized carbons (Fsp3) is 0.500. The molecule has 0 amide bonds. The fourth-order valence-corrected chi connectivity index (χ4v) is 2.26. The predicted octanol–water partition coefficient (Wildman–Crippen LogP) is 3.17. The minimum absolute atomic E-state index is 0.233. The van der Waals surface area contributed by atoms with Crippen molar-refractivity contribution < 1.29 is 32.3 Å². The molecule has 0 bridgehead atoms. The molecular formula is C16H21BF3NO4. The van der Waals surface area contributed by atoms with Gasteiger partial charge < -0.3 is 24.9 Å². The molecule has 5 nitrogen and oxygen atoms in total. The van der Waals surface area contributed by atoms with E-state index < -0.39 is 37.0 Å². The largest absolute Gasteiger partial charge is 0.573 e. The molecule has 138 valence electrons. The van der Waals surface area contributed by atoms with Gasteiger partial charge in [-0.3, -0.25) is 0 Å². The Kier molecular flexibility index (Phi) is 5.14. The Labute approximate surface area is 144 Å². The number of nitrogens with two attached hydrogens (primary N) is 1. The molecule has 1 aliphatic heterocycles. The van der Waals surface area contributed by atoms with Crippen molar-refractivity contribution in [3.8, 4) is 5.75 Å². The highest BCUT2D eigenvalue weighted by atomic mass is 19.4. The van der Waals surface area contributed by atoms with Gasteiger partial charge in [0.25, 0.3) is 0 Å². The van der Waals surface area contributed by atoms with Crippen LogP contribution >= 0.6 is 0 Å². The van der Waals surface area contributed by atoms with E-state index in [9.17, 15) is 18.3 Å². The number of benzene rings is 1. The van der Waals surface area contributed by atoms with E-state index in [0.717, 1.165) is 12.1 Å². The van der Waals surface area contributed by atoms with E-state index in [4.69, 9.17) is 15.0 Å². The highest BCUT2D eigenvalue weighted by molar-refractivity contribution is 6.55.